The van der Waals surface area contributed by atoms with Crippen molar-refractivity contribution in [3.05, 3.63) is 74.7 Å². The SMILES string of the molecule is CCN(c1cccc2c1CC=CCCc1cc(C)[nH]c(=O)c1CNC2=O)C1CCC(NCCC(F)(F)F)CC1. The van der Waals surface area contributed by atoms with Crippen molar-refractivity contribution < 1.29 is 18.0 Å². The lowest BCUT2D eigenvalue weighted by Gasteiger charge is -2.39. The maximum Gasteiger partial charge on any atom is 0.390 e. The Morgan fingerprint density at radius 3 is 2.56 bits per heavy atom. The number of benzene rings is 1. The summed E-state index contributed by atoms with van der Waals surface area (Å²) >= 11 is 0. The Hall–Kier alpha value is -3.07. The number of allylic oxidation sites excluding steroid dienone is 2. The molecular weight excluding hydrogens is 505 g/mol. The fourth-order valence-electron chi connectivity index (χ4n) is 5.93. The number of fused-ring (bicyclic) bond motifs is 2. The second kappa shape index (κ2) is 12.9. The second-order valence-electron chi connectivity index (χ2n) is 10.6. The molecule has 1 amide bonds. The summed E-state index contributed by atoms with van der Waals surface area (Å²) in [6.07, 6.45) is 4.81. The summed E-state index contributed by atoms with van der Waals surface area (Å²) in [5, 5.41) is 6.06. The molecule has 9 heteroatoms. The van der Waals surface area contributed by atoms with E-state index in [1.807, 2.05) is 25.1 Å². The van der Waals surface area contributed by atoms with Crippen molar-refractivity contribution in [2.24, 2.45) is 0 Å². The van der Waals surface area contributed by atoms with Crippen molar-refractivity contribution in [1.29, 1.82) is 0 Å². The highest BCUT2D eigenvalue weighted by molar-refractivity contribution is 5.97. The van der Waals surface area contributed by atoms with E-state index in [9.17, 15) is 22.8 Å². The van der Waals surface area contributed by atoms with Crippen molar-refractivity contribution in [2.75, 3.05) is 18.0 Å². The van der Waals surface area contributed by atoms with Crippen molar-refractivity contribution in [1.82, 2.24) is 15.6 Å². The quantitative estimate of drug-likeness (QED) is 0.430. The van der Waals surface area contributed by atoms with Gasteiger partial charge in [-0.3, -0.25) is 9.59 Å². The predicted molar refractivity (Wildman–Crippen MR) is 148 cm³/mol. The number of pyridine rings is 1. The van der Waals surface area contributed by atoms with E-state index < -0.39 is 12.6 Å². The number of hydrogen-bond acceptors (Lipinski definition) is 4. The molecule has 1 aromatic heterocycles. The number of hydrogen-bond donors (Lipinski definition) is 3. The van der Waals surface area contributed by atoms with Gasteiger partial charge in [-0.2, -0.15) is 13.2 Å². The first-order valence-electron chi connectivity index (χ1n) is 14.0. The highest BCUT2D eigenvalue weighted by atomic mass is 19.4. The van der Waals surface area contributed by atoms with Gasteiger partial charge in [0.2, 0.25) is 0 Å². The van der Waals surface area contributed by atoms with Gasteiger partial charge in [0.1, 0.15) is 0 Å². The van der Waals surface area contributed by atoms with E-state index in [-0.39, 0.29) is 36.6 Å². The number of rotatable bonds is 6. The average molecular weight is 545 g/mol. The zero-order valence-corrected chi connectivity index (χ0v) is 22.8. The molecule has 1 fully saturated rings. The summed E-state index contributed by atoms with van der Waals surface area (Å²) in [5.74, 6) is -0.208. The van der Waals surface area contributed by atoms with Crippen LogP contribution in [0.3, 0.4) is 0 Å². The minimum Gasteiger partial charge on any atom is -0.369 e. The van der Waals surface area contributed by atoms with E-state index in [0.717, 1.165) is 67.6 Å². The van der Waals surface area contributed by atoms with Gasteiger partial charge in [0.05, 0.1) is 6.42 Å². The zero-order valence-electron chi connectivity index (χ0n) is 22.8. The first-order chi connectivity index (χ1) is 18.7. The Balaban J connectivity index is 1.52. The van der Waals surface area contributed by atoms with E-state index in [0.29, 0.717) is 17.5 Å². The monoisotopic (exact) mass is 544 g/mol. The van der Waals surface area contributed by atoms with Gasteiger partial charge in [-0.1, -0.05) is 18.2 Å². The van der Waals surface area contributed by atoms with Gasteiger partial charge in [0, 0.05) is 54.2 Å². The molecule has 39 heavy (non-hydrogen) atoms. The van der Waals surface area contributed by atoms with Crippen LogP contribution in [0.25, 0.3) is 0 Å². The van der Waals surface area contributed by atoms with Crippen LogP contribution in [0.5, 0.6) is 0 Å². The molecule has 2 heterocycles. The molecule has 3 N–H and O–H groups in total. The van der Waals surface area contributed by atoms with Crippen LogP contribution in [0.1, 0.15) is 78.2 Å². The number of alkyl halides is 3. The molecule has 2 aliphatic rings. The fraction of sp³-hybridized carbons (Fsp3) is 0.533. The number of aryl methyl sites for hydroxylation is 2. The van der Waals surface area contributed by atoms with E-state index in [1.165, 1.54) is 0 Å². The Bertz CT molecular complexity index is 1230. The zero-order chi connectivity index (χ0) is 28.0. The minimum atomic E-state index is -4.14. The lowest BCUT2D eigenvalue weighted by molar-refractivity contribution is -0.133. The van der Waals surface area contributed by atoms with Crippen LogP contribution >= 0.6 is 0 Å². The van der Waals surface area contributed by atoms with Crippen molar-refractivity contribution in [3.63, 3.8) is 0 Å². The average Bonchev–Trinajstić information content (AvgIpc) is 2.88. The molecule has 1 aliphatic carbocycles. The molecule has 6 nitrogen and oxygen atoms in total. The number of nitrogens with zero attached hydrogens (tertiary/aromatic N) is 1. The lowest BCUT2D eigenvalue weighted by Crippen LogP contribution is -2.43. The number of carbonyl (C=O) groups excluding carboxylic acids is 1. The molecule has 0 unspecified atom stereocenters. The highest BCUT2D eigenvalue weighted by Gasteiger charge is 2.30. The number of amides is 1. The Kier molecular flexibility index (Phi) is 9.53. The Morgan fingerprint density at radius 2 is 1.85 bits per heavy atom. The van der Waals surface area contributed by atoms with Crippen LogP contribution < -0.4 is 21.1 Å². The van der Waals surface area contributed by atoms with Crippen LogP contribution in [-0.4, -0.2) is 42.2 Å². The van der Waals surface area contributed by atoms with Gasteiger partial charge < -0.3 is 20.5 Å². The van der Waals surface area contributed by atoms with E-state index in [2.05, 4.69) is 45.7 Å². The Morgan fingerprint density at radius 1 is 1.08 bits per heavy atom. The maximum atomic E-state index is 13.4. The van der Waals surface area contributed by atoms with Gasteiger partial charge in [-0.25, -0.2) is 0 Å². The number of halogens is 3. The number of nitrogens with one attached hydrogen (secondary N) is 3. The topological polar surface area (TPSA) is 77.2 Å². The summed E-state index contributed by atoms with van der Waals surface area (Å²) in [7, 11) is 0. The van der Waals surface area contributed by atoms with Crippen molar-refractivity contribution in [2.45, 2.75) is 90.0 Å². The van der Waals surface area contributed by atoms with Crippen LogP contribution in [0.2, 0.25) is 0 Å². The van der Waals surface area contributed by atoms with Gasteiger partial charge >= 0.3 is 6.18 Å². The number of anilines is 1. The molecule has 1 aromatic carbocycles. The molecule has 4 rings (SSSR count). The molecule has 1 aliphatic heterocycles. The molecule has 0 spiro atoms. The standard InChI is InChI=1S/C30H39F3N4O2/c1-3-37(23-14-12-22(13-15-23)34-17-16-30(31,32)33)27-11-7-10-25-24(27)9-6-4-5-8-21-18-20(2)36-29(39)26(21)19-35-28(25)38/h4,6-7,10-11,18,22-23,34H,3,5,8-9,12-17,19H2,1-2H3,(H,35,38)(H,36,39). The molecule has 212 valence electrons. The number of aromatic nitrogens is 1. The first-order valence-corrected chi connectivity index (χ1v) is 14.0. The number of aromatic amines is 1. The summed E-state index contributed by atoms with van der Waals surface area (Å²) in [6.45, 7) is 4.85. The smallest absolute Gasteiger partial charge is 0.369 e. The number of H-pyrrole nitrogens is 1. The van der Waals surface area contributed by atoms with Gasteiger partial charge in [-0.05, 0) is 88.1 Å². The second-order valence-corrected chi connectivity index (χ2v) is 10.6. The molecule has 0 radical (unpaired) electrons. The van der Waals surface area contributed by atoms with E-state index in [1.54, 1.807) is 0 Å². The van der Waals surface area contributed by atoms with Gasteiger partial charge in [-0.15, -0.1) is 0 Å². The van der Waals surface area contributed by atoms with Crippen molar-refractivity contribution >= 4 is 11.6 Å². The minimum absolute atomic E-state index is 0.0418. The van der Waals surface area contributed by atoms with E-state index >= 15 is 0 Å². The third-order valence-corrected chi connectivity index (χ3v) is 7.88. The molecule has 0 saturated heterocycles. The molecule has 2 aromatic rings. The summed E-state index contributed by atoms with van der Waals surface area (Å²) in [5.41, 5.74) is 4.77. The normalized spacial score (nSPS) is 20.3. The third-order valence-electron chi connectivity index (χ3n) is 7.88. The first kappa shape index (κ1) is 28.9. The summed E-state index contributed by atoms with van der Waals surface area (Å²) < 4.78 is 37.6. The summed E-state index contributed by atoms with van der Waals surface area (Å²) in [4.78, 5) is 31.3. The van der Waals surface area contributed by atoms with Crippen LogP contribution in [0.4, 0.5) is 18.9 Å². The van der Waals surface area contributed by atoms with Gasteiger partial charge in [0.15, 0.2) is 0 Å². The molecule has 0 atom stereocenters. The van der Waals surface area contributed by atoms with Crippen molar-refractivity contribution in [3.8, 4) is 0 Å². The fourth-order valence-corrected chi connectivity index (χ4v) is 5.93. The highest BCUT2D eigenvalue weighted by Crippen LogP contribution is 2.32. The van der Waals surface area contributed by atoms with E-state index in [4.69, 9.17) is 0 Å². The maximum absolute atomic E-state index is 13.4. The van der Waals surface area contributed by atoms with Crippen LogP contribution in [0, 0.1) is 6.92 Å². The molecule has 1 saturated carbocycles. The number of carbonyl (C=O) groups is 1. The van der Waals surface area contributed by atoms with Crippen LogP contribution in [-0.2, 0) is 19.4 Å². The predicted octanol–water partition coefficient (Wildman–Crippen LogP) is 5.34. The Labute approximate surface area is 228 Å². The summed E-state index contributed by atoms with van der Waals surface area (Å²) in [6, 6.07) is 8.13. The van der Waals surface area contributed by atoms with Gasteiger partial charge in [0.25, 0.3) is 11.5 Å². The van der Waals surface area contributed by atoms with Crippen LogP contribution in [0.15, 0.2) is 41.2 Å². The lowest BCUT2D eigenvalue weighted by atomic mass is 9.89. The third kappa shape index (κ3) is 7.53. The molecule has 0 bridgehead atoms. The largest absolute Gasteiger partial charge is 0.390 e. The molecular formula is C30H39F3N4O2.